The molecule has 0 spiro atoms. The largest absolute Gasteiger partial charge is 0.411 e. The van der Waals surface area contributed by atoms with Crippen LogP contribution >= 0.6 is 0 Å². The molecule has 0 unspecified atom stereocenters. The summed E-state index contributed by atoms with van der Waals surface area (Å²) in [6.07, 6.45) is 2.46. The minimum Gasteiger partial charge on any atom is -0.411 e. The number of oxime groups is 1. The number of nitrogens with zero attached hydrogens (tertiary/aromatic N) is 2. The lowest BCUT2D eigenvalue weighted by Gasteiger charge is -2.28. The van der Waals surface area contributed by atoms with Gasteiger partial charge in [0.2, 0.25) is 0 Å². The van der Waals surface area contributed by atoms with Gasteiger partial charge in [-0.15, -0.1) is 0 Å². The van der Waals surface area contributed by atoms with Crippen molar-refractivity contribution in [2.45, 2.75) is 38.7 Å². The molecule has 0 atom stereocenters. The molecule has 1 aliphatic heterocycles. The summed E-state index contributed by atoms with van der Waals surface area (Å²) < 4.78 is 0. The second-order valence-corrected chi connectivity index (χ2v) is 5.72. The lowest BCUT2D eigenvalue weighted by atomic mass is 10.0. The minimum absolute atomic E-state index is 0.658. The molecular formula is C15H22N2O2. The number of hydrogen-bond acceptors (Lipinski definition) is 4. The van der Waals surface area contributed by atoms with Gasteiger partial charge in [0.15, 0.2) is 0 Å². The Morgan fingerprint density at radius 3 is 2.74 bits per heavy atom. The van der Waals surface area contributed by atoms with Crippen LogP contribution in [0.3, 0.4) is 0 Å². The normalized spacial score (nSPS) is 18.3. The highest BCUT2D eigenvalue weighted by atomic mass is 16.4. The molecular weight excluding hydrogens is 240 g/mol. The molecule has 0 saturated carbocycles. The maximum atomic E-state index is 9.87. The Hall–Kier alpha value is -1.55. The predicted molar refractivity (Wildman–Crippen MR) is 77.1 cm³/mol. The first-order valence-corrected chi connectivity index (χ1v) is 6.79. The lowest BCUT2D eigenvalue weighted by molar-refractivity contribution is 0.0731. The van der Waals surface area contributed by atoms with E-state index in [4.69, 9.17) is 5.21 Å². The van der Waals surface area contributed by atoms with Crippen molar-refractivity contribution in [3.8, 4) is 0 Å². The Morgan fingerprint density at radius 1 is 1.32 bits per heavy atom. The van der Waals surface area contributed by atoms with Gasteiger partial charge in [0, 0.05) is 24.3 Å². The fraction of sp³-hybridized carbons (Fsp3) is 0.533. The Bertz CT molecular complexity index is 463. The second-order valence-electron chi connectivity index (χ2n) is 5.72. The van der Waals surface area contributed by atoms with Crippen LogP contribution in [0.2, 0.25) is 0 Å². The van der Waals surface area contributed by atoms with Crippen molar-refractivity contribution in [3.63, 3.8) is 0 Å². The van der Waals surface area contributed by atoms with Crippen LogP contribution in [0.5, 0.6) is 0 Å². The van der Waals surface area contributed by atoms with Crippen molar-refractivity contribution in [2.24, 2.45) is 5.16 Å². The predicted octanol–water partition coefficient (Wildman–Crippen LogP) is 2.63. The maximum Gasteiger partial charge on any atom is 0.0889 e. The summed E-state index contributed by atoms with van der Waals surface area (Å²) in [5.41, 5.74) is 2.19. The van der Waals surface area contributed by atoms with Gasteiger partial charge in [-0.3, -0.25) is 0 Å². The Kier molecular flexibility index (Phi) is 4.10. The van der Waals surface area contributed by atoms with Crippen molar-refractivity contribution in [1.29, 1.82) is 0 Å². The summed E-state index contributed by atoms with van der Waals surface area (Å²) in [4.78, 5) is 2.27. The monoisotopic (exact) mass is 262 g/mol. The number of fused-ring (bicyclic) bond motifs is 1. The van der Waals surface area contributed by atoms with Crippen LogP contribution in [0.25, 0.3) is 0 Å². The van der Waals surface area contributed by atoms with Crippen LogP contribution in [-0.4, -0.2) is 34.7 Å². The Morgan fingerprint density at radius 2 is 2.05 bits per heavy atom. The average Bonchev–Trinajstić information content (AvgIpc) is 2.54. The molecule has 4 heteroatoms. The number of hydrogen-bond donors (Lipinski definition) is 2. The Balaban J connectivity index is 2.26. The smallest absolute Gasteiger partial charge is 0.0889 e. The van der Waals surface area contributed by atoms with Gasteiger partial charge in [-0.1, -0.05) is 23.4 Å². The van der Waals surface area contributed by atoms with Gasteiger partial charge in [0.1, 0.15) is 0 Å². The van der Waals surface area contributed by atoms with Gasteiger partial charge in [0.25, 0.3) is 0 Å². The molecule has 0 aromatic heterocycles. The molecule has 2 N–H and O–H groups in total. The van der Waals surface area contributed by atoms with Crippen LogP contribution in [0.15, 0.2) is 29.4 Å². The van der Waals surface area contributed by atoms with Crippen molar-refractivity contribution in [1.82, 2.24) is 0 Å². The standard InChI is InChI=1S/C15H22N2O2/c1-15(2,18)9-11-17-10-5-7-13(16-19)12-6-3-4-8-14(12)17/h3-4,6,8,18-19H,5,7,9-11H2,1-2H3/b16-13-. The van der Waals surface area contributed by atoms with E-state index < -0.39 is 5.60 Å². The maximum absolute atomic E-state index is 9.87. The quantitative estimate of drug-likeness (QED) is 0.650. The van der Waals surface area contributed by atoms with Crippen LogP contribution in [0.1, 0.15) is 38.7 Å². The van der Waals surface area contributed by atoms with E-state index in [-0.39, 0.29) is 0 Å². The minimum atomic E-state index is -0.658. The first kappa shape index (κ1) is 13.9. The summed E-state index contributed by atoms with van der Waals surface area (Å²) in [6, 6.07) is 8.00. The third-order valence-electron chi connectivity index (χ3n) is 3.51. The first-order valence-electron chi connectivity index (χ1n) is 6.79. The van der Waals surface area contributed by atoms with Crippen LogP contribution in [-0.2, 0) is 0 Å². The molecule has 0 saturated heterocycles. The van der Waals surface area contributed by atoms with Crippen molar-refractivity contribution >= 4 is 11.4 Å². The molecule has 0 fully saturated rings. The highest BCUT2D eigenvalue weighted by molar-refractivity contribution is 6.05. The zero-order valence-corrected chi connectivity index (χ0v) is 11.6. The van der Waals surface area contributed by atoms with Crippen LogP contribution in [0, 0.1) is 0 Å². The van der Waals surface area contributed by atoms with E-state index in [2.05, 4.69) is 16.1 Å². The van der Waals surface area contributed by atoms with Gasteiger partial charge in [-0.25, -0.2) is 0 Å². The van der Waals surface area contributed by atoms with Gasteiger partial charge in [-0.05, 0) is 39.2 Å². The molecule has 0 radical (unpaired) electrons. The zero-order chi connectivity index (χ0) is 13.9. The highest BCUT2D eigenvalue weighted by Gasteiger charge is 2.21. The second kappa shape index (κ2) is 5.61. The van der Waals surface area contributed by atoms with Gasteiger partial charge >= 0.3 is 0 Å². The third kappa shape index (κ3) is 3.47. The summed E-state index contributed by atoms with van der Waals surface area (Å²) in [7, 11) is 0. The zero-order valence-electron chi connectivity index (χ0n) is 11.6. The molecule has 1 aliphatic rings. The SMILES string of the molecule is CC(C)(O)CCN1CCC/C(=N/O)c2ccccc21. The molecule has 0 aliphatic carbocycles. The summed E-state index contributed by atoms with van der Waals surface area (Å²) in [5, 5.41) is 22.4. The highest BCUT2D eigenvalue weighted by Crippen LogP contribution is 2.27. The van der Waals surface area contributed by atoms with Crippen molar-refractivity contribution < 1.29 is 10.3 Å². The van der Waals surface area contributed by atoms with E-state index >= 15 is 0 Å². The van der Waals surface area contributed by atoms with E-state index in [9.17, 15) is 5.11 Å². The van der Waals surface area contributed by atoms with Gasteiger partial charge < -0.3 is 15.2 Å². The van der Waals surface area contributed by atoms with Crippen molar-refractivity contribution in [2.75, 3.05) is 18.0 Å². The van der Waals surface area contributed by atoms with E-state index in [1.54, 1.807) is 0 Å². The lowest BCUT2D eigenvalue weighted by Crippen LogP contribution is -2.31. The Labute approximate surface area is 114 Å². The van der Waals surface area contributed by atoms with Gasteiger partial charge in [-0.2, -0.15) is 0 Å². The molecule has 1 aromatic carbocycles. The summed E-state index contributed by atoms with van der Waals surface area (Å²) >= 11 is 0. The van der Waals surface area contributed by atoms with Crippen LogP contribution < -0.4 is 4.90 Å². The van der Waals surface area contributed by atoms with E-state index in [0.717, 1.165) is 42.9 Å². The third-order valence-corrected chi connectivity index (χ3v) is 3.51. The van der Waals surface area contributed by atoms with Gasteiger partial charge in [0.05, 0.1) is 11.3 Å². The average molecular weight is 262 g/mol. The molecule has 4 nitrogen and oxygen atoms in total. The number of rotatable bonds is 3. The molecule has 19 heavy (non-hydrogen) atoms. The number of aliphatic hydroxyl groups is 1. The number of benzene rings is 1. The fourth-order valence-electron chi connectivity index (χ4n) is 2.43. The topological polar surface area (TPSA) is 56.1 Å². The fourth-order valence-corrected chi connectivity index (χ4v) is 2.43. The molecule has 0 amide bonds. The molecule has 1 heterocycles. The van der Waals surface area contributed by atoms with E-state index in [0.29, 0.717) is 6.42 Å². The number of para-hydroxylation sites is 1. The molecule has 2 rings (SSSR count). The van der Waals surface area contributed by atoms with Crippen molar-refractivity contribution in [3.05, 3.63) is 29.8 Å². The summed E-state index contributed by atoms with van der Waals surface area (Å²) in [6.45, 7) is 5.39. The summed E-state index contributed by atoms with van der Waals surface area (Å²) in [5.74, 6) is 0. The number of anilines is 1. The van der Waals surface area contributed by atoms with Crippen LogP contribution in [0.4, 0.5) is 5.69 Å². The molecule has 1 aromatic rings. The molecule has 0 bridgehead atoms. The first-order chi connectivity index (χ1) is 9.01. The molecule has 104 valence electrons. The van der Waals surface area contributed by atoms with E-state index in [1.165, 1.54) is 0 Å². The van der Waals surface area contributed by atoms with E-state index in [1.807, 2.05) is 32.0 Å².